The van der Waals surface area contributed by atoms with Crippen molar-refractivity contribution in [3.8, 4) is 0 Å². The van der Waals surface area contributed by atoms with E-state index in [1.165, 1.54) is 6.07 Å². The minimum atomic E-state index is -0.501. The highest BCUT2D eigenvalue weighted by molar-refractivity contribution is 5.94. The smallest absolute Gasteiger partial charge is 0.273 e. The second-order valence-corrected chi connectivity index (χ2v) is 6.45. The number of hydrogen-bond donors (Lipinski definition) is 1. The summed E-state index contributed by atoms with van der Waals surface area (Å²) in [6.45, 7) is 4.02. The second kappa shape index (κ2) is 6.68. The lowest BCUT2D eigenvalue weighted by Gasteiger charge is -2.18. The van der Waals surface area contributed by atoms with E-state index in [1.54, 1.807) is 6.20 Å². The third kappa shape index (κ3) is 2.97. The number of aromatic nitrogens is 4. The first-order valence-electron chi connectivity index (χ1n) is 8.73. The van der Waals surface area contributed by atoms with Crippen LogP contribution in [0.5, 0.6) is 0 Å². The van der Waals surface area contributed by atoms with Gasteiger partial charge >= 0.3 is 0 Å². The Labute approximate surface area is 155 Å². The summed E-state index contributed by atoms with van der Waals surface area (Å²) in [5.74, 6) is -0.138. The number of nitrogens with zero attached hydrogens (tertiary/aromatic N) is 4. The van der Waals surface area contributed by atoms with Gasteiger partial charge in [0, 0.05) is 23.3 Å². The van der Waals surface area contributed by atoms with Gasteiger partial charge in [0.15, 0.2) is 5.65 Å². The molecule has 0 aliphatic rings. The Morgan fingerprint density at radius 3 is 2.74 bits per heavy atom. The molecule has 0 aliphatic carbocycles. The molecule has 0 fully saturated rings. The van der Waals surface area contributed by atoms with Crippen molar-refractivity contribution in [3.63, 3.8) is 0 Å². The molecule has 0 aliphatic heterocycles. The van der Waals surface area contributed by atoms with Crippen LogP contribution >= 0.6 is 0 Å². The number of amides is 1. The highest BCUT2D eigenvalue weighted by Gasteiger charge is 2.22. The average molecular weight is 361 g/mol. The summed E-state index contributed by atoms with van der Waals surface area (Å²) >= 11 is 0. The van der Waals surface area contributed by atoms with Crippen molar-refractivity contribution in [3.05, 3.63) is 76.5 Å². The molecule has 0 unspecified atom stereocenters. The van der Waals surface area contributed by atoms with Crippen LogP contribution in [-0.4, -0.2) is 25.1 Å². The zero-order valence-electron chi connectivity index (χ0n) is 15.1. The van der Waals surface area contributed by atoms with Gasteiger partial charge in [-0.25, -0.2) is 4.52 Å². The molecule has 7 nitrogen and oxygen atoms in total. The number of aryl methyl sites for hydroxylation is 1. The van der Waals surface area contributed by atoms with E-state index in [2.05, 4.69) is 15.3 Å². The third-order valence-corrected chi connectivity index (χ3v) is 4.61. The van der Waals surface area contributed by atoms with Crippen molar-refractivity contribution in [2.45, 2.75) is 26.4 Å². The van der Waals surface area contributed by atoms with Crippen LogP contribution in [0.2, 0.25) is 0 Å². The fourth-order valence-corrected chi connectivity index (χ4v) is 3.33. The molecular formula is C20H19N5O2. The zero-order valence-corrected chi connectivity index (χ0v) is 15.1. The number of hydrogen-bond acceptors (Lipinski definition) is 4. The van der Waals surface area contributed by atoms with E-state index >= 15 is 0 Å². The molecule has 0 radical (unpaired) electrons. The van der Waals surface area contributed by atoms with Crippen molar-refractivity contribution < 1.29 is 4.79 Å². The number of benzene rings is 1. The predicted molar refractivity (Wildman–Crippen MR) is 102 cm³/mol. The minimum absolute atomic E-state index is 0.138. The summed E-state index contributed by atoms with van der Waals surface area (Å²) in [7, 11) is 0. The molecule has 4 rings (SSSR count). The second-order valence-electron chi connectivity index (χ2n) is 6.45. The fourth-order valence-electron chi connectivity index (χ4n) is 3.33. The van der Waals surface area contributed by atoms with Crippen LogP contribution in [0.4, 0.5) is 0 Å². The number of pyridine rings is 1. The van der Waals surface area contributed by atoms with E-state index in [1.807, 2.05) is 65.5 Å². The molecule has 136 valence electrons. The summed E-state index contributed by atoms with van der Waals surface area (Å²) in [6.07, 6.45) is 1.70. The molecule has 0 spiro atoms. The number of para-hydroxylation sites is 1. The van der Waals surface area contributed by atoms with Crippen LogP contribution in [0, 0.1) is 6.92 Å². The molecule has 4 aromatic rings. The van der Waals surface area contributed by atoms with E-state index in [-0.39, 0.29) is 11.5 Å². The topological polar surface area (TPSA) is 81.3 Å². The first-order valence-corrected chi connectivity index (χ1v) is 8.73. The molecule has 1 amide bonds. The standard InChI is InChI=1S/C20H19N5O2/c1-13-11-18(26)23-19-16-8-3-4-9-17(16)25(24(13)19)14(2)20(27)22-12-15-7-5-6-10-21-15/h3-11,14H,12H2,1-2H3,(H,22,27)/t14-/m1/s1. The lowest BCUT2D eigenvalue weighted by atomic mass is 10.2. The Balaban J connectivity index is 1.77. The number of nitrogens with one attached hydrogen (secondary N) is 1. The fraction of sp³-hybridized carbons (Fsp3) is 0.200. The van der Waals surface area contributed by atoms with Gasteiger partial charge in [0.25, 0.3) is 5.56 Å². The molecule has 1 atom stereocenters. The van der Waals surface area contributed by atoms with Crippen LogP contribution in [0.3, 0.4) is 0 Å². The molecular weight excluding hydrogens is 342 g/mol. The number of carbonyl (C=O) groups is 1. The first-order chi connectivity index (χ1) is 13.1. The van der Waals surface area contributed by atoms with Gasteiger partial charge in [0.2, 0.25) is 5.91 Å². The van der Waals surface area contributed by atoms with Crippen LogP contribution in [0.25, 0.3) is 16.6 Å². The molecule has 0 bridgehead atoms. The maximum atomic E-state index is 12.8. The Bertz CT molecular complexity index is 1190. The average Bonchev–Trinajstić information content (AvgIpc) is 3.01. The first kappa shape index (κ1) is 17.0. The van der Waals surface area contributed by atoms with Crippen molar-refractivity contribution in [2.24, 2.45) is 0 Å². The Kier molecular flexibility index (Phi) is 4.19. The molecule has 7 heteroatoms. The summed E-state index contributed by atoms with van der Waals surface area (Å²) in [5, 5.41) is 3.77. The van der Waals surface area contributed by atoms with E-state index in [0.29, 0.717) is 12.2 Å². The van der Waals surface area contributed by atoms with Gasteiger partial charge < -0.3 is 5.32 Å². The lowest BCUT2D eigenvalue weighted by Crippen LogP contribution is -2.32. The zero-order chi connectivity index (χ0) is 19.0. The van der Waals surface area contributed by atoms with Crippen molar-refractivity contribution >= 4 is 22.5 Å². The van der Waals surface area contributed by atoms with Crippen molar-refractivity contribution in [1.29, 1.82) is 0 Å². The monoisotopic (exact) mass is 361 g/mol. The lowest BCUT2D eigenvalue weighted by molar-refractivity contribution is -0.124. The van der Waals surface area contributed by atoms with Gasteiger partial charge in [-0.3, -0.25) is 19.3 Å². The van der Waals surface area contributed by atoms with Gasteiger partial charge in [-0.1, -0.05) is 18.2 Å². The van der Waals surface area contributed by atoms with Gasteiger partial charge in [0.05, 0.1) is 17.8 Å². The summed E-state index contributed by atoms with van der Waals surface area (Å²) < 4.78 is 3.71. The highest BCUT2D eigenvalue weighted by atomic mass is 16.2. The highest BCUT2D eigenvalue weighted by Crippen LogP contribution is 2.24. The van der Waals surface area contributed by atoms with E-state index in [0.717, 1.165) is 22.3 Å². The van der Waals surface area contributed by atoms with Crippen molar-refractivity contribution in [1.82, 2.24) is 24.5 Å². The van der Waals surface area contributed by atoms with Crippen LogP contribution in [-0.2, 0) is 11.3 Å². The Hall–Kier alpha value is -3.48. The third-order valence-electron chi connectivity index (χ3n) is 4.61. The molecule has 1 N–H and O–H groups in total. The summed E-state index contributed by atoms with van der Waals surface area (Å²) in [4.78, 5) is 33.1. The minimum Gasteiger partial charge on any atom is -0.349 e. The van der Waals surface area contributed by atoms with Crippen LogP contribution in [0.15, 0.2) is 59.5 Å². The molecule has 0 saturated heterocycles. The van der Waals surface area contributed by atoms with Gasteiger partial charge in [-0.15, -0.1) is 0 Å². The van der Waals surface area contributed by atoms with E-state index in [4.69, 9.17) is 0 Å². The molecule has 0 saturated carbocycles. The molecule has 3 aromatic heterocycles. The largest absolute Gasteiger partial charge is 0.349 e. The van der Waals surface area contributed by atoms with E-state index < -0.39 is 6.04 Å². The number of fused-ring (bicyclic) bond motifs is 3. The van der Waals surface area contributed by atoms with Gasteiger partial charge in [-0.2, -0.15) is 4.98 Å². The van der Waals surface area contributed by atoms with Crippen LogP contribution in [0.1, 0.15) is 24.4 Å². The Morgan fingerprint density at radius 2 is 1.96 bits per heavy atom. The van der Waals surface area contributed by atoms with Crippen LogP contribution < -0.4 is 10.9 Å². The maximum absolute atomic E-state index is 12.8. The maximum Gasteiger partial charge on any atom is 0.273 e. The molecule has 1 aromatic carbocycles. The van der Waals surface area contributed by atoms with E-state index in [9.17, 15) is 9.59 Å². The predicted octanol–water partition coefficient (Wildman–Crippen LogP) is 2.23. The van der Waals surface area contributed by atoms with Gasteiger partial charge in [0.1, 0.15) is 6.04 Å². The van der Waals surface area contributed by atoms with Gasteiger partial charge in [-0.05, 0) is 38.1 Å². The quantitative estimate of drug-likeness (QED) is 0.604. The number of rotatable bonds is 4. The molecule has 3 heterocycles. The SMILES string of the molecule is Cc1cc(=O)nc2c3ccccc3n([C@H](C)C(=O)NCc3ccccn3)n12. The summed E-state index contributed by atoms with van der Waals surface area (Å²) in [6, 6.07) is 14.2. The Morgan fingerprint density at radius 1 is 1.19 bits per heavy atom. The number of carbonyl (C=O) groups excluding carboxylic acids is 1. The molecule has 27 heavy (non-hydrogen) atoms. The normalized spacial score (nSPS) is 12.4. The van der Waals surface area contributed by atoms with Crippen molar-refractivity contribution in [2.75, 3.05) is 0 Å². The summed E-state index contributed by atoms with van der Waals surface area (Å²) in [5.41, 5.74) is 2.63.